The Bertz CT molecular complexity index is 1590. The zero-order chi connectivity index (χ0) is 38.3. The summed E-state index contributed by atoms with van der Waals surface area (Å²) in [7, 11) is -3.61. The van der Waals surface area contributed by atoms with Crippen LogP contribution in [-0.4, -0.2) is 85.9 Å². The van der Waals surface area contributed by atoms with E-state index in [1.54, 1.807) is 76.0 Å². The Balaban J connectivity index is 1.57. The average Bonchev–Trinajstić information content (AvgIpc) is 3.84. The van der Waals surface area contributed by atoms with E-state index in [0.29, 0.717) is 30.6 Å². The molecule has 0 radical (unpaired) electrons. The lowest BCUT2D eigenvalue weighted by Crippen LogP contribution is -2.56. The molecule has 0 aliphatic heterocycles. The van der Waals surface area contributed by atoms with Gasteiger partial charge >= 0.3 is 5.97 Å². The van der Waals surface area contributed by atoms with Gasteiger partial charge in [0.2, 0.25) is 11.8 Å². The van der Waals surface area contributed by atoms with E-state index in [9.17, 15) is 38.1 Å². The van der Waals surface area contributed by atoms with Crippen molar-refractivity contribution in [2.75, 3.05) is 5.75 Å². The highest BCUT2D eigenvalue weighted by atomic mass is 32.2. The maximum absolute atomic E-state index is 14.2. The van der Waals surface area contributed by atoms with E-state index in [1.807, 2.05) is 6.07 Å². The third-order valence-corrected chi connectivity index (χ3v) is 13.6. The van der Waals surface area contributed by atoms with Crippen molar-refractivity contribution in [1.29, 1.82) is 0 Å². The quantitative estimate of drug-likeness (QED) is 0.139. The first kappa shape index (κ1) is 41.5. The van der Waals surface area contributed by atoms with Gasteiger partial charge < -0.3 is 30.5 Å². The van der Waals surface area contributed by atoms with Gasteiger partial charge in [0.25, 0.3) is 0 Å². The molecular formula is C39H60N4O8S. The molecule has 5 N–H and O–H groups in total. The number of hydrogen-bond donors (Lipinski definition) is 5. The number of hydrogen-bond acceptors (Lipinski definition) is 8. The van der Waals surface area contributed by atoms with E-state index < -0.39 is 68.0 Å². The van der Waals surface area contributed by atoms with Crippen LogP contribution in [0.15, 0.2) is 42.9 Å². The number of carbonyl (C=O) groups excluding carboxylic acids is 2. The summed E-state index contributed by atoms with van der Waals surface area (Å²) in [5.74, 6) is -2.59. The van der Waals surface area contributed by atoms with Crippen molar-refractivity contribution in [1.82, 2.24) is 20.2 Å². The van der Waals surface area contributed by atoms with E-state index in [2.05, 4.69) is 15.6 Å². The SMILES string of the molecule is CC(C)(CCn1cnc(CC(NC(=O)CC(CS(=O)(=O)C(C)(C)C)c2ccccc2)C(=O)N[C@@H](CC2CCCCC2)[C@@H](O)[C@@H](O)C2CC2)c1)C(=O)O. The van der Waals surface area contributed by atoms with Gasteiger partial charge in [0.15, 0.2) is 9.84 Å². The second kappa shape index (κ2) is 17.7. The normalized spacial score (nSPS) is 18.9. The molecule has 2 saturated carbocycles. The summed E-state index contributed by atoms with van der Waals surface area (Å²) in [4.78, 5) is 44.1. The van der Waals surface area contributed by atoms with Gasteiger partial charge in [-0.2, -0.15) is 0 Å². The van der Waals surface area contributed by atoms with Crippen LogP contribution in [0.25, 0.3) is 0 Å². The summed E-state index contributed by atoms with van der Waals surface area (Å²) in [6.45, 7) is 8.57. The van der Waals surface area contributed by atoms with Crippen molar-refractivity contribution in [3.8, 4) is 0 Å². The molecule has 0 bridgehead atoms. The predicted octanol–water partition coefficient (Wildman–Crippen LogP) is 4.39. The van der Waals surface area contributed by atoms with Crippen LogP contribution in [0.2, 0.25) is 0 Å². The molecule has 5 atom stereocenters. The van der Waals surface area contributed by atoms with Gasteiger partial charge in [0.1, 0.15) is 12.1 Å². The lowest BCUT2D eigenvalue weighted by atomic mass is 9.82. The number of aliphatic carboxylic acids is 1. The molecule has 2 aliphatic carbocycles. The van der Waals surface area contributed by atoms with Crippen molar-refractivity contribution < 1.29 is 38.1 Å². The van der Waals surface area contributed by atoms with Crippen LogP contribution in [0.3, 0.4) is 0 Å². The number of carboxylic acid groups (broad SMARTS) is 1. The minimum atomic E-state index is -3.61. The number of aromatic nitrogens is 2. The summed E-state index contributed by atoms with van der Waals surface area (Å²) in [6, 6.07) is 7.14. The smallest absolute Gasteiger partial charge is 0.309 e. The van der Waals surface area contributed by atoms with Crippen molar-refractivity contribution in [2.45, 2.75) is 147 Å². The number of benzene rings is 1. The Kier molecular flexibility index (Phi) is 14.1. The first-order valence-corrected chi connectivity index (χ1v) is 20.5. The van der Waals surface area contributed by atoms with Gasteiger partial charge in [0.05, 0.1) is 40.1 Å². The van der Waals surface area contributed by atoms with E-state index >= 15 is 0 Å². The number of aliphatic hydroxyl groups is 2. The summed E-state index contributed by atoms with van der Waals surface area (Å²) in [5, 5.41) is 37.7. The minimum absolute atomic E-state index is 0.000608. The molecule has 12 nitrogen and oxygen atoms in total. The molecular weight excluding hydrogens is 685 g/mol. The molecule has 2 aliphatic rings. The number of sulfone groups is 1. The fraction of sp³-hybridized carbons (Fsp3) is 0.692. The second-order valence-corrected chi connectivity index (χ2v) is 19.5. The first-order valence-electron chi connectivity index (χ1n) is 18.8. The molecule has 0 spiro atoms. The number of nitrogens with zero attached hydrogens (tertiary/aromatic N) is 2. The molecule has 2 unspecified atom stereocenters. The lowest BCUT2D eigenvalue weighted by Gasteiger charge is -2.33. The highest BCUT2D eigenvalue weighted by Crippen LogP contribution is 2.36. The molecule has 13 heteroatoms. The maximum Gasteiger partial charge on any atom is 0.309 e. The summed E-state index contributed by atoms with van der Waals surface area (Å²) >= 11 is 0. The number of amides is 2. The Morgan fingerprint density at radius 2 is 1.62 bits per heavy atom. The summed E-state index contributed by atoms with van der Waals surface area (Å²) < 4.78 is 27.4. The third kappa shape index (κ3) is 11.9. The van der Waals surface area contributed by atoms with Gasteiger partial charge in [-0.05, 0) is 77.7 Å². The van der Waals surface area contributed by atoms with Crippen LogP contribution in [-0.2, 0) is 37.2 Å². The van der Waals surface area contributed by atoms with E-state index in [1.165, 1.54) is 0 Å². The standard InChI is InChI=1S/C39H60N4O8S/c1-38(2,3)52(50,51)24-29(27-14-10-7-11-15-27)21-33(44)41-32(22-30-23-43(25-40-30)19-18-39(4,5)37(48)49)36(47)42-31(20-26-12-8-6-9-13-26)35(46)34(45)28-16-17-28/h7,10-11,14-15,23,25-26,28-29,31-32,34-35,45-46H,6,8-9,12-13,16-22,24H2,1-5H3,(H,41,44)(H,42,47)(H,48,49)/t29?,31-,32?,34-,35+/m0/s1. The Hall–Kier alpha value is -3.29. The van der Waals surface area contributed by atoms with Gasteiger partial charge in [-0.25, -0.2) is 13.4 Å². The van der Waals surface area contributed by atoms with Crippen molar-refractivity contribution >= 4 is 27.6 Å². The van der Waals surface area contributed by atoms with E-state index in [-0.39, 0.29) is 30.4 Å². The van der Waals surface area contributed by atoms with Crippen molar-refractivity contribution in [2.24, 2.45) is 17.3 Å². The van der Waals surface area contributed by atoms with Gasteiger partial charge in [-0.15, -0.1) is 0 Å². The van der Waals surface area contributed by atoms with Crippen LogP contribution < -0.4 is 10.6 Å². The molecule has 2 amide bonds. The number of aliphatic hydroxyl groups excluding tert-OH is 2. The van der Waals surface area contributed by atoms with Crippen molar-refractivity contribution in [3.05, 3.63) is 54.1 Å². The number of rotatable bonds is 19. The molecule has 52 heavy (non-hydrogen) atoms. The maximum atomic E-state index is 14.2. The fourth-order valence-electron chi connectivity index (χ4n) is 6.86. The third-order valence-electron chi connectivity index (χ3n) is 10.9. The van der Waals surface area contributed by atoms with Crippen LogP contribution in [0.5, 0.6) is 0 Å². The number of nitrogens with one attached hydrogen (secondary N) is 2. The molecule has 2 aromatic rings. The molecule has 0 saturated heterocycles. The van der Waals surface area contributed by atoms with E-state index in [0.717, 1.165) is 44.9 Å². The monoisotopic (exact) mass is 744 g/mol. The van der Waals surface area contributed by atoms with Gasteiger partial charge in [0, 0.05) is 31.5 Å². The Morgan fingerprint density at radius 3 is 2.21 bits per heavy atom. The molecule has 1 heterocycles. The van der Waals surface area contributed by atoms with Crippen molar-refractivity contribution in [3.63, 3.8) is 0 Å². The second-order valence-electron chi connectivity index (χ2n) is 16.7. The number of carbonyl (C=O) groups is 3. The largest absolute Gasteiger partial charge is 0.481 e. The highest BCUT2D eigenvalue weighted by molar-refractivity contribution is 7.92. The van der Waals surface area contributed by atoms with Crippen LogP contribution in [0.4, 0.5) is 0 Å². The predicted molar refractivity (Wildman–Crippen MR) is 199 cm³/mol. The summed E-state index contributed by atoms with van der Waals surface area (Å²) in [5.41, 5.74) is 0.237. The molecule has 2 fully saturated rings. The highest BCUT2D eigenvalue weighted by Gasteiger charge is 2.40. The zero-order valence-electron chi connectivity index (χ0n) is 31.5. The van der Waals surface area contributed by atoms with E-state index in [4.69, 9.17) is 0 Å². The Labute approximate surface area is 309 Å². The minimum Gasteiger partial charge on any atom is -0.481 e. The molecule has 1 aromatic heterocycles. The fourth-order valence-corrected chi connectivity index (χ4v) is 8.20. The average molecular weight is 745 g/mol. The molecule has 290 valence electrons. The first-order chi connectivity index (χ1) is 24.4. The van der Waals surface area contributed by atoms with Gasteiger partial charge in [-0.3, -0.25) is 14.4 Å². The number of carboxylic acids is 1. The lowest BCUT2D eigenvalue weighted by molar-refractivity contribution is -0.147. The van der Waals surface area contributed by atoms with Crippen LogP contribution >= 0.6 is 0 Å². The van der Waals surface area contributed by atoms with Gasteiger partial charge in [-0.1, -0.05) is 62.4 Å². The number of imidazole rings is 1. The topological polar surface area (TPSA) is 188 Å². The Morgan fingerprint density at radius 1 is 0.962 bits per heavy atom. The number of aryl methyl sites for hydroxylation is 1. The summed E-state index contributed by atoms with van der Waals surface area (Å²) in [6.07, 6.45) is 8.71. The zero-order valence-corrected chi connectivity index (χ0v) is 32.3. The van der Waals surface area contributed by atoms with Crippen LogP contribution in [0.1, 0.15) is 116 Å². The van der Waals surface area contributed by atoms with Crippen LogP contribution in [0, 0.1) is 17.3 Å². The molecule has 4 rings (SSSR count). The molecule has 1 aromatic carbocycles.